The smallest absolute Gasteiger partial charge is 0.166 e. The lowest BCUT2D eigenvalue weighted by atomic mass is 9.97. The van der Waals surface area contributed by atoms with Crippen LogP contribution in [0.1, 0.15) is 24.0 Å². The van der Waals surface area contributed by atoms with Gasteiger partial charge in [-0.3, -0.25) is 0 Å². The van der Waals surface area contributed by atoms with Crippen LogP contribution in [0, 0.1) is 0 Å². The Kier molecular flexibility index (Phi) is 2.36. The van der Waals surface area contributed by atoms with Gasteiger partial charge in [0.15, 0.2) is 11.5 Å². The second-order valence-corrected chi connectivity index (χ2v) is 4.56. The first-order valence-corrected chi connectivity index (χ1v) is 5.98. The summed E-state index contributed by atoms with van der Waals surface area (Å²) >= 11 is 6.30. The number of halogens is 1. The first kappa shape index (κ1) is 10.1. The summed E-state index contributed by atoms with van der Waals surface area (Å²) in [4.78, 5) is 0. The largest absolute Gasteiger partial charge is 0.504 e. The van der Waals surface area contributed by atoms with Crippen molar-refractivity contribution in [2.75, 3.05) is 13.2 Å². The van der Waals surface area contributed by atoms with Crippen molar-refractivity contribution in [2.24, 2.45) is 0 Å². The van der Waals surface area contributed by atoms with Crippen LogP contribution in [0.15, 0.2) is 0 Å². The van der Waals surface area contributed by atoms with E-state index < -0.39 is 0 Å². The van der Waals surface area contributed by atoms with Gasteiger partial charge in [-0.05, 0) is 25.7 Å². The zero-order valence-corrected chi connectivity index (χ0v) is 9.64. The molecule has 0 spiro atoms. The van der Waals surface area contributed by atoms with Crippen LogP contribution in [0.5, 0.6) is 17.2 Å². The van der Waals surface area contributed by atoms with Gasteiger partial charge in [0.1, 0.15) is 5.75 Å². The maximum Gasteiger partial charge on any atom is 0.166 e. The van der Waals surface area contributed by atoms with E-state index in [4.69, 9.17) is 21.1 Å². The monoisotopic (exact) mass is 240 g/mol. The van der Waals surface area contributed by atoms with Gasteiger partial charge in [-0.1, -0.05) is 11.6 Å². The molecular formula is C12H13ClO3. The van der Waals surface area contributed by atoms with E-state index in [1.807, 2.05) is 0 Å². The highest BCUT2D eigenvalue weighted by atomic mass is 35.5. The van der Waals surface area contributed by atoms with Gasteiger partial charge in [-0.15, -0.1) is 0 Å². The van der Waals surface area contributed by atoms with Gasteiger partial charge >= 0.3 is 0 Å². The molecule has 1 aromatic carbocycles. The van der Waals surface area contributed by atoms with Gasteiger partial charge in [-0.2, -0.15) is 0 Å². The molecule has 4 heteroatoms. The summed E-state index contributed by atoms with van der Waals surface area (Å²) in [5.41, 5.74) is 1.70. The lowest BCUT2D eigenvalue weighted by Crippen LogP contribution is -2.14. The van der Waals surface area contributed by atoms with Gasteiger partial charge < -0.3 is 14.6 Å². The molecule has 3 rings (SSSR count). The lowest BCUT2D eigenvalue weighted by molar-refractivity contribution is 0.257. The molecule has 2 heterocycles. The van der Waals surface area contributed by atoms with Crippen molar-refractivity contribution in [3.8, 4) is 17.2 Å². The van der Waals surface area contributed by atoms with Crippen molar-refractivity contribution in [3.05, 3.63) is 16.1 Å². The van der Waals surface area contributed by atoms with E-state index >= 15 is 0 Å². The van der Waals surface area contributed by atoms with E-state index in [-0.39, 0.29) is 5.75 Å². The second-order valence-electron chi connectivity index (χ2n) is 4.18. The fourth-order valence-electron chi connectivity index (χ4n) is 2.36. The molecule has 1 N–H and O–H groups in total. The quantitative estimate of drug-likeness (QED) is 0.758. The van der Waals surface area contributed by atoms with Gasteiger partial charge in [-0.25, -0.2) is 0 Å². The molecule has 1 aromatic rings. The summed E-state index contributed by atoms with van der Waals surface area (Å²) in [7, 11) is 0. The summed E-state index contributed by atoms with van der Waals surface area (Å²) in [6.45, 7) is 1.32. The Morgan fingerprint density at radius 2 is 1.56 bits per heavy atom. The summed E-state index contributed by atoms with van der Waals surface area (Å²) in [5, 5.41) is 10.8. The minimum absolute atomic E-state index is 0.230. The van der Waals surface area contributed by atoms with Gasteiger partial charge in [0.25, 0.3) is 0 Å². The maximum atomic E-state index is 10.1. The van der Waals surface area contributed by atoms with E-state index in [0.29, 0.717) is 29.7 Å². The third-order valence-electron chi connectivity index (χ3n) is 3.15. The van der Waals surface area contributed by atoms with Crippen molar-refractivity contribution >= 4 is 11.6 Å². The van der Waals surface area contributed by atoms with E-state index in [1.54, 1.807) is 0 Å². The molecule has 86 valence electrons. The molecule has 2 aliphatic rings. The molecular weight excluding hydrogens is 228 g/mol. The summed E-state index contributed by atoms with van der Waals surface area (Å²) in [6, 6.07) is 0. The third-order valence-corrected chi connectivity index (χ3v) is 3.55. The third kappa shape index (κ3) is 1.34. The van der Waals surface area contributed by atoms with Crippen LogP contribution in [-0.2, 0) is 12.8 Å². The normalized spacial score (nSPS) is 18.1. The summed E-state index contributed by atoms with van der Waals surface area (Å²) < 4.78 is 11.1. The number of aromatic hydroxyl groups is 1. The fraction of sp³-hybridized carbons (Fsp3) is 0.500. The number of ether oxygens (including phenoxy) is 2. The van der Waals surface area contributed by atoms with Crippen LogP contribution < -0.4 is 9.47 Å². The molecule has 0 amide bonds. The van der Waals surface area contributed by atoms with E-state index in [1.165, 1.54) is 0 Å². The van der Waals surface area contributed by atoms with Crippen molar-refractivity contribution in [1.82, 2.24) is 0 Å². The minimum Gasteiger partial charge on any atom is -0.504 e. The second kappa shape index (κ2) is 3.74. The standard InChI is InChI=1S/C12H13ClO3/c13-9-7-3-1-6-16-12(7)10(14)8-4-2-5-15-11(8)9/h14H,1-6H2. The highest BCUT2D eigenvalue weighted by Crippen LogP contribution is 2.49. The zero-order valence-electron chi connectivity index (χ0n) is 8.88. The van der Waals surface area contributed by atoms with Crippen molar-refractivity contribution in [3.63, 3.8) is 0 Å². The Bertz CT molecular complexity index is 364. The van der Waals surface area contributed by atoms with Crippen molar-refractivity contribution in [2.45, 2.75) is 25.7 Å². The molecule has 16 heavy (non-hydrogen) atoms. The summed E-state index contributed by atoms with van der Waals surface area (Å²) in [6.07, 6.45) is 3.50. The molecule has 2 aliphatic heterocycles. The van der Waals surface area contributed by atoms with E-state index in [2.05, 4.69) is 0 Å². The highest BCUT2D eigenvalue weighted by molar-refractivity contribution is 6.33. The molecule has 0 bridgehead atoms. The molecule has 0 unspecified atom stereocenters. The molecule has 0 aliphatic carbocycles. The number of hydrogen-bond donors (Lipinski definition) is 1. The first-order valence-electron chi connectivity index (χ1n) is 5.61. The SMILES string of the molecule is Oc1c2c(c(Cl)c3c1OCCC3)OCCC2. The van der Waals surface area contributed by atoms with Crippen molar-refractivity contribution in [1.29, 1.82) is 0 Å². The number of rotatable bonds is 0. The van der Waals surface area contributed by atoms with Crippen LogP contribution in [0.2, 0.25) is 5.02 Å². The Morgan fingerprint density at radius 1 is 0.938 bits per heavy atom. The predicted molar refractivity (Wildman–Crippen MR) is 60.7 cm³/mol. The zero-order chi connectivity index (χ0) is 11.1. The number of benzene rings is 1. The molecule has 0 fully saturated rings. The Hall–Kier alpha value is -1.09. The first-order chi connectivity index (χ1) is 7.79. The van der Waals surface area contributed by atoms with Crippen molar-refractivity contribution < 1.29 is 14.6 Å². The van der Waals surface area contributed by atoms with Crippen LogP contribution in [0.25, 0.3) is 0 Å². The number of phenols is 1. The Balaban J connectivity index is 2.24. The molecule has 0 aromatic heterocycles. The van der Waals surface area contributed by atoms with Crippen LogP contribution in [-0.4, -0.2) is 18.3 Å². The lowest BCUT2D eigenvalue weighted by Gasteiger charge is -2.26. The number of fused-ring (bicyclic) bond motifs is 2. The average molecular weight is 241 g/mol. The molecule has 3 nitrogen and oxygen atoms in total. The van der Waals surface area contributed by atoms with Crippen LogP contribution in [0.3, 0.4) is 0 Å². The predicted octanol–water partition coefficient (Wildman–Crippen LogP) is 2.70. The van der Waals surface area contributed by atoms with Crippen LogP contribution in [0.4, 0.5) is 0 Å². The Morgan fingerprint density at radius 3 is 2.31 bits per heavy atom. The average Bonchev–Trinajstić information content (AvgIpc) is 2.36. The highest BCUT2D eigenvalue weighted by Gasteiger charge is 2.28. The van der Waals surface area contributed by atoms with E-state index in [9.17, 15) is 5.11 Å². The number of phenolic OH excluding ortho intramolecular Hbond substituents is 1. The topological polar surface area (TPSA) is 38.7 Å². The van der Waals surface area contributed by atoms with Gasteiger partial charge in [0, 0.05) is 11.1 Å². The summed E-state index contributed by atoms with van der Waals surface area (Å²) in [5.74, 6) is 1.46. The fourth-order valence-corrected chi connectivity index (χ4v) is 2.71. The number of hydrogen-bond acceptors (Lipinski definition) is 3. The molecule has 0 saturated heterocycles. The molecule has 0 radical (unpaired) electrons. The van der Waals surface area contributed by atoms with Gasteiger partial charge in [0.05, 0.1) is 18.2 Å². The minimum atomic E-state index is 0.230. The Labute approximate surface area is 98.9 Å². The molecule has 0 atom stereocenters. The van der Waals surface area contributed by atoms with Gasteiger partial charge in [0.2, 0.25) is 0 Å². The van der Waals surface area contributed by atoms with E-state index in [0.717, 1.165) is 36.8 Å². The maximum absolute atomic E-state index is 10.1. The molecule has 0 saturated carbocycles. The van der Waals surface area contributed by atoms with Crippen LogP contribution >= 0.6 is 11.6 Å².